The molecule has 1 amide bonds. The van der Waals surface area contributed by atoms with Crippen LogP contribution in [0.15, 0.2) is 18.3 Å². The second-order valence-corrected chi connectivity index (χ2v) is 12.1. The molecule has 1 saturated carbocycles. The number of amides is 1. The van der Waals surface area contributed by atoms with E-state index in [-0.39, 0.29) is 12.1 Å². The van der Waals surface area contributed by atoms with Crippen LogP contribution in [0.25, 0.3) is 0 Å². The average molecular weight is 568 g/mol. The molecule has 12 heteroatoms. The van der Waals surface area contributed by atoms with Gasteiger partial charge in [0.1, 0.15) is 11.4 Å². The molecule has 5 rings (SSSR count). The van der Waals surface area contributed by atoms with Crippen molar-refractivity contribution < 1.29 is 9.53 Å². The number of nitrogens with one attached hydrogen (secondary N) is 2. The molecule has 1 aliphatic heterocycles. The number of rotatable bonds is 6. The third-order valence-corrected chi connectivity index (χ3v) is 7.63. The Kier molecular flexibility index (Phi) is 7.52. The largest absolute Gasteiger partial charge is 0.444 e. The summed E-state index contributed by atoms with van der Waals surface area (Å²) in [4.78, 5) is 30.8. The summed E-state index contributed by atoms with van der Waals surface area (Å²) in [5.41, 5.74) is 3.20. The maximum Gasteiger partial charge on any atom is 0.410 e. The first-order chi connectivity index (χ1) is 18.9. The zero-order valence-electron chi connectivity index (χ0n) is 24.2. The molecule has 40 heavy (non-hydrogen) atoms. The Morgan fingerprint density at radius 2 is 1.85 bits per heavy atom. The van der Waals surface area contributed by atoms with Crippen LogP contribution in [0.5, 0.6) is 0 Å². The van der Waals surface area contributed by atoms with Crippen LogP contribution < -0.4 is 15.5 Å². The molecular weight excluding hydrogens is 530 g/mol. The second kappa shape index (κ2) is 10.8. The monoisotopic (exact) mass is 567 g/mol. The van der Waals surface area contributed by atoms with Crippen LogP contribution in [0.4, 0.5) is 33.9 Å². The van der Waals surface area contributed by atoms with Gasteiger partial charge in [-0.05, 0) is 71.9 Å². The van der Waals surface area contributed by atoms with Gasteiger partial charge in [0, 0.05) is 44.5 Å². The number of piperazine rings is 1. The van der Waals surface area contributed by atoms with E-state index in [1.807, 2.05) is 65.4 Å². The Hall–Kier alpha value is -3.60. The van der Waals surface area contributed by atoms with Gasteiger partial charge >= 0.3 is 6.09 Å². The van der Waals surface area contributed by atoms with Gasteiger partial charge < -0.3 is 25.2 Å². The first kappa shape index (κ1) is 27.9. The molecule has 2 N–H and O–H groups in total. The fraction of sp³-hybridized carbons (Fsp3) is 0.536. The van der Waals surface area contributed by atoms with Crippen LogP contribution >= 0.6 is 11.6 Å². The fourth-order valence-electron chi connectivity index (χ4n) is 4.82. The molecule has 3 aromatic rings. The molecule has 4 heterocycles. The van der Waals surface area contributed by atoms with Crippen molar-refractivity contribution in [3.63, 3.8) is 0 Å². The van der Waals surface area contributed by atoms with Crippen LogP contribution in [0.1, 0.15) is 63.4 Å². The highest BCUT2D eigenvalue weighted by Gasteiger charge is 2.32. The number of halogens is 1. The summed E-state index contributed by atoms with van der Waals surface area (Å²) in [5, 5.41) is 12.0. The minimum Gasteiger partial charge on any atom is -0.444 e. The Labute approximate surface area is 240 Å². The predicted octanol–water partition coefficient (Wildman–Crippen LogP) is 5.69. The molecule has 214 valence electrons. The fourth-order valence-corrected chi connectivity index (χ4v) is 5.07. The van der Waals surface area contributed by atoms with Gasteiger partial charge in [0.15, 0.2) is 11.6 Å². The number of anilines is 5. The van der Waals surface area contributed by atoms with E-state index in [1.54, 1.807) is 11.1 Å². The number of ether oxygens (including phenoxy) is 1. The zero-order valence-corrected chi connectivity index (χ0v) is 25.0. The summed E-state index contributed by atoms with van der Waals surface area (Å²) < 4.78 is 7.43. The number of nitrogens with zero attached hydrogens (tertiary/aromatic N) is 7. The van der Waals surface area contributed by atoms with Crippen molar-refractivity contribution in [3.05, 3.63) is 40.3 Å². The Balaban J connectivity index is 1.41. The van der Waals surface area contributed by atoms with Crippen molar-refractivity contribution in [1.82, 2.24) is 29.6 Å². The molecule has 1 saturated heterocycles. The lowest BCUT2D eigenvalue weighted by Crippen LogP contribution is -2.55. The number of aryl methyl sites for hydroxylation is 3. The van der Waals surface area contributed by atoms with E-state index in [9.17, 15) is 4.79 Å². The van der Waals surface area contributed by atoms with Gasteiger partial charge in [0.05, 0.1) is 22.6 Å². The molecule has 1 atom stereocenters. The smallest absolute Gasteiger partial charge is 0.410 e. The van der Waals surface area contributed by atoms with Crippen molar-refractivity contribution in [2.75, 3.05) is 35.2 Å². The van der Waals surface area contributed by atoms with Crippen LogP contribution in [-0.2, 0) is 11.8 Å². The summed E-state index contributed by atoms with van der Waals surface area (Å²) in [5.74, 6) is 2.86. The van der Waals surface area contributed by atoms with Crippen LogP contribution in [0.3, 0.4) is 0 Å². The standard InChI is InChI=1S/C28H38ClN9O2/c1-16-12-23(35-36(16)7)32-25-21(37-10-11-38(17(2)15-37)27(39)40-28(4,5)6)14-30-26(34-25)33-22-13-20(19-8-9-19)24(29)18(3)31-22/h12-14,17,19H,8-11,15H2,1-7H3,(H2,30,31,32,33,34,35). The van der Waals surface area contributed by atoms with Crippen LogP contribution in [0.2, 0.25) is 5.02 Å². The average Bonchev–Trinajstić information content (AvgIpc) is 3.65. The maximum absolute atomic E-state index is 12.8. The Bertz CT molecular complexity index is 1390. The van der Waals surface area contributed by atoms with Gasteiger partial charge in [-0.15, -0.1) is 0 Å². The SMILES string of the molecule is Cc1nc(Nc2ncc(N3CCN(C(=O)OC(C)(C)C)C(C)C3)c(Nc3cc(C)n(C)n3)n2)cc(C2CC2)c1Cl. The number of pyridine rings is 1. The minimum atomic E-state index is -0.542. The summed E-state index contributed by atoms with van der Waals surface area (Å²) in [7, 11) is 1.90. The lowest BCUT2D eigenvalue weighted by molar-refractivity contribution is 0.0159. The first-order valence-electron chi connectivity index (χ1n) is 13.7. The molecule has 1 aliphatic carbocycles. The van der Waals surface area contributed by atoms with E-state index in [4.69, 9.17) is 21.3 Å². The van der Waals surface area contributed by atoms with E-state index in [2.05, 4.69) is 30.6 Å². The van der Waals surface area contributed by atoms with Crippen molar-refractivity contribution >= 4 is 46.8 Å². The summed E-state index contributed by atoms with van der Waals surface area (Å²) in [6.07, 6.45) is 3.79. The topological polar surface area (TPSA) is 113 Å². The number of hydrogen-bond acceptors (Lipinski definition) is 9. The van der Waals surface area contributed by atoms with E-state index < -0.39 is 5.60 Å². The maximum atomic E-state index is 12.8. The van der Waals surface area contributed by atoms with Crippen molar-refractivity contribution in [2.45, 2.75) is 71.9 Å². The molecule has 11 nitrogen and oxygen atoms in total. The quantitative estimate of drug-likeness (QED) is 0.388. The van der Waals surface area contributed by atoms with Crippen LogP contribution in [-0.4, -0.2) is 67.0 Å². The molecule has 1 unspecified atom stereocenters. The van der Waals surface area contributed by atoms with Gasteiger partial charge in [-0.2, -0.15) is 10.1 Å². The molecule has 2 aliphatic rings. The number of carbonyl (C=O) groups excluding carboxylic acids is 1. The van der Waals surface area contributed by atoms with Gasteiger partial charge in [0.25, 0.3) is 0 Å². The third kappa shape index (κ3) is 6.24. The van der Waals surface area contributed by atoms with E-state index in [1.165, 1.54) is 0 Å². The highest BCUT2D eigenvalue weighted by Crippen LogP contribution is 2.44. The predicted molar refractivity (Wildman–Crippen MR) is 157 cm³/mol. The number of aromatic nitrogens is 5. The van der Waals surface area contributed by atoms with Crippen molar-refractivity contribution in [3.8, 4) is 0 Å². The Morgan fingerprint density at radius 1 is 1.10 bits per heavy atom. The molecule has 2 fully saturated rings. The highest BCUT2D eigenvalue weighted by molar-refractivity contribution is 6.32. The molecule has 0 aromatic carbocycles. The normalized spacial score (nSPS) is 17.6. The highest BCUT2D eigenvalue weighted by atomic mass is 35.5. The third-order valence-electron chi connectivity index (χ3n) is 7.13. The lowest BCUT2D eigenvalue weighted by Gasteiger charge is -2.41. The Morgan fingerprint density at radius 3 is 2.48 bits per heavy atom. The molecule has 0 bridgehead atoms. The minimum absolute atomic E-state index is 0.0616. The second-order valence-electron chi connectivity index (χ2n) is 11.7. The lowest BCUT2D eigenvalue weighted by atomic mass is 10.1. The van der Waals surface area contributed by atoms with Gasteiger partial charge in [-0.3, -0.25) is 4.68 Å². The van der Waals surface area contributed by atoms with Crippen LogP contribution in [0, 0.1) is 13.8 Å². The number of carbonyl (C=O) groups is 1. The van der Waals surface area contributed by atoms with E-state index in [0.717, 1.165) is 40.5 Å². The molecule has 0 spiro atoms. The van der Waals surface area contributed by atoms with E-state index >= 15 is 0 Å². The molecule has 0 radical (unpaired) electrons. The van der Waals surface area contributed by atoms with Crippen molar-refractivity contribution in [2.24, 2.45) is 7.05 Å². The molecule has 3 aromatic heterocycles. The van der Waals surface area contributed by atoms with E-state index in [0.29, 0.717) is 49.0 Å². The van der Waals surface area contributed by atoms with Crippen molar-refractivity contribution in [1.29, 1.82) is 0 Å². The summed E-state index contributed by atoms with van der Waals surface area (Å²) in [6, 6.07) is 3.90. The molecular formula is C28H38ClN9O2. The summed E-state index contributed by atoms with van der Waals surface area (Å²) >= 11 is 6.53. The summed E-state index contributed by atoms with van der Waals surface area (Å²) in [6.45, 7) is 13.3. The number of hydrogen-bond donors (Lipinski definition) is 2. The van der Waals surface area contributed by atoms with Gasteiger partial charge in [-0.25, -0.2) is 14.8 Å². The first-order valence-corrected chi connectivity index (χ1v) is 14.1. The van der Waals surface area contributed by atoms with Gasteiger partial charge in [-0.1, -0.05) is 11.6 Å². The zero-order chi connectivity index (χ0) is 28.8. The van der Waals surface area contributed by atoms with Gasteiger partial charge in [0.2, 0.25) is 5.95 Å².